The Kier molecular flexibility index (Phi) is 11.0. The molecule has 6 heteroatoms. The maximum atomic E-state index is 12.3. The van der Waals surface area contributed by atoms with E-state index < -0.39 is 0 Å². The van der Waals surface area contributed by atoms with Gasteiger partial charge in [0.05, 0.1) is 6.17 Å². The van der Waals surface area contributed by atoms with Gasteiger partial charge in [0.25, 0.3) is 0 Å². The smallest absolute Gasteiger partial charge is 0.222 e. The Hall–Kier alpha value is -1.47. The first-order valence-electron chi connectivity index (χ1n) is 12.9. The molecule has 0 radical (unpaired) electrons. The van der Waals surface area contributed by atoms with E-state index in [2.05, 4.69) is 52.7 Å². The summed E-state index contributed by atoms with van der Waals surface area (Å²) < 4.78 is 0. The van der Waals surface area contributed by atoms with Crippen molar-refractivity contribution in [1.29, 1.82) is 0 Å². The molecule has 2 fully saturated rings. The van der Waals surface area contributed by atoms with Gasteiger partial charge in [0, 0.05) is 45.2 Å². The van der Waals surface area contributed by atoms with Crippen molar-refractivity contribution in [1.82, 2.24) is 20.2 Å². The quantitative estimate of drug-likeness (QED) is 0.480. The van der Waals surface area contributed by atoms with Crippen LogP contribution in [0.1, 0.15) is 82.2 Å². The Morgan fingerprint density at radius 2 is 1.53 bits per heavy atom. The summed E-state index contributed by atoms with van der Waals surface area (Å²) in [5.74, 6) is 0.358. The second-order valence-corrected chi connectivity index (χ2v) is 9.69. The Balaban J connectivity index is 1.17. The fourth-order valence-electron chi connectivity index (χ4n) is 4.84. The largest absolute Gasteiger partial charge is 0.340 e. The first-order chi connectivity index (χ1) is 15.6. The highest BCUT2D eigenvalue weighted by molar-refractivity contribution is 5.76. The van der Waals surface area contributed by atoms with Crippen LogP contribution in [0.4, 0.5) is 0 Å². The van der Waals surface area contributed by atoms with E-state index in [0.29, 0.717) is 11.9 Å². The minimum absolute atomic E-state index is 0.128. The number of rotatable bonds is 12. The van der Waals surface area contributed by atoms with Crippen LogP contribution in [0.15, 0.2) is 30.3 Å². The first kappa shape index (κ1) is 25.2. The maximum absolute atomic E-state index is 12.3. The Morgan fingerprint density at radius 1 is 0.906 bits per heavy atom. The number of piperazine rings is 1. The normalized spacial score (nSPS) is 22.9. The standard InChI is InChI=1S/C26H45N5O/c1-29-19-21-30(22-20-29)26(32)15-11-6-4-2-3-5-7-12-18-31-25(27)17-16-24(28-31)23-13-9-8-10-14-23/h8-10,13-14,24-25,28H,2-7,11-12,15-22,27H2,1H3. The zero-order chi connectivity index (χ0) is 22.6. The van der Waals surface area contributed by atoms with E-state index in [4.69, 9.17) is 5.73 Å². The summed E-state index contributed by atoms with van der Waals surface area (Å²) in [7, 11) is 2.13. The van der Waals surface area contributed by atoms with Gasteiger partial charge in [-0.05, 0) is 38.3 Å². The number of benzene rings is 1. The molecule has 0 saturated carbocycles. The first-order valence-corrected chi connectivity index (χ1v) is 12.9. The highest BCUT2D eigenvalue weighted by Crippen LogP contribution is 2.24. The summed E-state index contributed by atoms with van der Waals surface area (Å²) in [5, 5.41) is 2.26. The fourth-order valence-corrected chi connectivity index (χ4v) is 4.84. The molecule has 0 bridgehead atoms. The molecule has 0 spiro atoms. The van der Waals surface area contributed by atoms with Crippen molar-refractivity contribution in [3.63, 3.8) is 0 Å². The summed E-state index contributed by atoms with van der Waals surface area (Å²) in [5.41, 5.74) is 11.3. The number of hydrazine groups is 1. The summed E-state index contributed by atoms with van der Waals surface area (Å²) in [6.07, 6.45) is 12.9. The third-order valence-corrected chi connectivity index (χ3v) is 7.07. The second kappa shape index (κ2) is 13.9. The van der Waals surface area contributed by atoms with E-state index >= 15 is 0 Å². The predicted molar refractivity (Wildman–Crippen MR) is 132 cm³/mol. The lowest BCUT2D eigenvalue weighted by Gasteiger charge is -2.39. The molecule has 3 N–H and O–H groups in total. The van der Waals surface area contributed by atoms with E-state index in [1.807, 2.05) is 4.90 Å². The molecule has 180 valence electrons. The molecule has 32 heavy (non-hydrogen) atoms. The molecule has 0 aromatic heterocycles. The van der Waals surface area contributed by atoms with Crippen molar-refractivity contribution in [3.8, 4) is 0 Å². The molecule has 2 heterocycles. The molecule has 2 aliphatic heterocycles. The molecular weight excluding hydrogens is 398 g/mol. The molecule has 2 unspecified atom stereocenters. The number of nitrogens with zero attached hydrogens (tertiary/aromatic N) is 3. The van der Waals surface area contributed by atoms with Gasteiger partial charge >= 0.3 is 0 Å². The van der Waals surface area contributed by atoms with Crippen molar-refractivity contribution in [2.75, 3.05) is 39.8 Å². The SMILES string of the molecule is CN1CCN(C(=O)CCCCCCCCCCN2NC(c3ccccc3)CCC2N)CC1. The van der Waals surface area contributed by atoms with Crippen LogP contribution in [0.25, 0.3) is 0 Å². The number of unbranched alkanes of at least 4 members (excludes halogenated alkanes) is 7. The number of hydrogen-bond donors (Lipinski definition) is 2. The lowest BCUT2D eigenvalue weighted by Crippen LogP contribution is -2.55. The Labute approximate surface area is 195 Å². The molecule has 2 atom stereocenters. The highest BCUT2D eigenvalue weighted by Gasteiger charge is 2.25. The van der Waals surface area contributed by atoms with E-state index in [1.165, 1.54) is 50.5 Å². The monoisotopic (exact) mass is 443 g/mol. The average molecular weight is 444 g/mol. The fraction of sp³-hybridized carbons (Fsp3) is 0.731. The van der Waals surface area contributed by atoms with E-state index in [-0.39, 0.29) is 6.17 Å². The number of carbonyl (C=O) groups is 1. The number of nitrogens with two attached hydrogens (primary N) is 1. The number of amides is 1. The Bertz CT molecular complexity index is 647. The van der Waals surface area contributed by atoms with Gasteiger partial charge in [-0.15, -0.1) is 0 Å². The van der Waals surface area contributed by atoms with Crippen LogP contribution in [0.2, 0.25) is 0 Å². The van der Waals surface area contributed by atoms with Crippen LogP contribution in [-0.2, 0) is 4.79 Å². The maximum Gasteiger partial charge on any atom is 0.222 e. The summed E-state index contributed by atoms with van der Waals surface area (Å²) in [6, 6.07) is 11.1. The van der Waals surface area contributed by atoms with Crippen LogP contribution < -0.4 is 11.2 Å². The van der Waals surface area contributed by atoms with Gasteiger partial charge in [0.2, 0.25) is 5.91 Å². The van der Waals surface area contributed by atoms with Crippen molar-refractivity contribution in [2.24, 2.45) is 5.73 Å². The van der Waals surface area contributed by atoms with Crippen LogP contribution in [-0.4, -0.2) is 66.7 Å². The summed E-state index contributed by atoms with van der Waals surface area (Å²) >= 11 is 0. The molecule has 6 nitrogen and oxygen atoms in total. The molecule has 1 aromatic carbocycles. The van der Waals surface area contributed by atoms with Gasteiger partial charge < -0.3 is 15.5 Å². The van der Waals surface area contributed by atoms with Gasteiger partial charge in [-0.1, -0.05) is 68.9 Å². The van der Waals surface area contributed by atoms with Gasteiger partial charge in [0.15, 0.2) is 0 Å². The zero-order valence-corrected chi connectivity index (χ0v) is 20.2. The van der Waals surface area contributed by atoms with Gasteiger partial charge in [-0.25, -0.2) is 10.4 Å². The van der Waals surface area contributed by atoms with E-state index in [0.717, 1.165) is 58.4 Å². The second-order valence-electron chi connectivity index (χ2n) is 9.69. The van der Waals surface area contributed by atoms with Gasteiger partial charge in [-0.3, -0.25) is 4.79 Å². The number of hydrogen-bond acceptors (Lipinski definition) is 5. The van der Waals surface area contributed by atoms with Crippen LogP contribution in [0.3, 0.4) is 0 Å². The molecule has 1 amide bonds. The molecule has 2 saturated heterocycles. The summed E-state index contributed by atoms with van der Waals surface area (Å²) in [6.45, 7) is 4.86. The van der Waals surface area contributed by atoms with Gasteiger partial charge in [-0.2, -0.15) is 0 Å². The van der Waals surface area contributed by atoms with E-state index in [1.54, 1.807) is 0 Å². The van der Waals surface area contributed by atoms with Crippen LogP contribution in [0, 0.1) is 0 Å². The van der Waals surface area contributed by atoms with E-state index in [9.17, 15) is 4.79 Å². The topological polar surface area (TPSA) is 64.8 Å². The molecular formula is C26H45N5O. The summed E-state index contributed by atoms with van der Waals surface area (Å²) in [4.78, 5) is 16.6. The third-order valence-electron chi connectivity index (χ3n) is 7.07. The molecule has 3 rings (SSSR count). The number of likely N-dealkylation sites (N-methyl/N-ethyl adjacent to an activating group) is 1. The predicted octanol–water partition coefficient (Wildman–Crippen LogP) is 3.90. The van der Waals surface area contributed by atoms with Crippen molar-refractivity contribution in [3.05, 3.63) is 35.9 Å². The van der Waals surface area contributed by atoms with Crippen molar-refractivity contribution >= 4 is 5.91 Å². The van der Waals surface area contributed by atoms with Crippen molar-refractivity contribution in [2.45, 2.75) is 82.8 Å². The molecule has 1 aromatic rings. The third kappa shape index (κ3) is 8.47. The van der Waals surface area contributed by atoms with Gasteiger partial charge in [0.1, 0.15) is 0 Å². The number of carbonyl (C=O) groups excluding carboxylic acids is 1. The molecule has 2 aliphatic rings. The number of nitrogens with one attached hydrogen (secondary N) is 1. The molecule has 0 aliphatic carbocycles. The van der Waals surface area contributed by atoms with Crippen LogP contribution in [0.5, 0.6) is 0 Å². The lowest BCUT2D eigenvalue weighted by molar-refractivity contribution is -0.132. The average Bonchev–Trinajstić information content (AvgIpc) is 2.82. The lowest BCUT2D eigenvalue weighted by atomic mass is 9.99. The zero-order valence-electron chi connectivity index (χ0n) is 20.2. The minimum atomic E-state index is 0.128. The highest BCUT2D eigenvalue weighted by atomic mass is 16.2. The minimum Gasteiger partial charge on any atom is -0.340 e. The van der Waals surface area contributed by atoms with Crippen molar-refractivity contribution < 1.29 is 4.79 Å². The van der Waals surface area contributed by atoms with Crippen LogP contribution >= 0.6 is 0 Å². The Morgan fingerprint density at radius 3 is 2.22 bits per heavy atom.